The Hall–Kier alpha value is -1.31. The molecule has 1 aliphatic heterocycles. The minimum atomic E-state index is -4.31. The number of carbonyl (C=O) groups is 2. The Morgan fingerprint density at radius 3 is 2.11 bits per heavy atom. The third-order valence-corrected chi connectivity index (χ3v) is 2.99. The molecular weight excluding hydrogens is 265 g/mol. The van der Waals surface area contributed by atoms with E-state index in [1.54, 1.807) is 0 Å². The van der Waals surface area contributed by atoms with Crippen LogP contribution in [0.2, 0.25) is 0 Å². The van der Waals surface area contributed by atoms with Gasteiger partial charge in [0, 0.05) is 39.1 Å². The lowest BCUT2D eigenvalue weighted by atomic mass is 10.2. The highest BCUT2D eigenvalue weighted by molar-refractivity contribution is 5.76. The van der Waals surface area contributed by atoms with Crippen LogP contribution in [-0.4, -0.2) is 65.7 Å². The van der Waals surface area contributed by atoms with E-state index in [0.29, 0.717) is 32.7 Å². The van der Waals surface area contributed by atoms with Crippen molar-refractivity contribution in [1.82, 2.24) is 9.80 Å². The Bertz CT molecular complexity index is 326. The summed E-state index contributed by atoms with van der Waals surface area (Å²) in [6.45, 7) is 2.13. The predicted molar refractivity (Wildman–Crippen MR) is 60.6 cm³/mol. The number of rotatable bonds is 5. The number of nitrogens with zero attached hydrogens (tertiary/aromatic N) is 2. The second-order valence-corrected chi connectivity index (χ2v) is 4.48. The largest absolute Gasteiger partial charge is 0.481 e. The number of piperazine rings is 1. The second-order valence-electron chi connectivity index (χ2n) is 4.48. The van der Waals surface area contributed by atoms with Gasteiger partial charge in [0.25, 0.3) is 0 Å². The molecule has 1 amide bonds. The van der Waals surface area contributed by atoms with E-state index < -0.39 is 30.9 Å². The molecule has 1 rings (SSSR count). The number of carboxylic acid groups (broad SMARTS) is 1. The highest BCUT2D eigenvalue weighted by Crippen LogP contribution is 2.22. The van der Waals surface area contributed by atoms with Crippen molar-refractivity contribution < 1.29 is 27.9 Å². The summed E-state index contributed by atoms with van der Waals surface area (Å²) in [7, 11) is 0. The van der Waals surface area contributed by atoms with Gasteiger partial charge < -0.3 is 10.0 Å². The molecule has 1 saturated heterocycles. The summed E-state index contributed by atoms with van der Waals surface area (Å²) in [4.78, 5) is 25.2. The zero-order valence-electron chi connectivity index (χ0n) is 10.4. The Morgan fingerprint density at radius 2 is 1.63 bits per heavy atom. The van der Waals surface area contributed by atoms with Gasteiger partial charge in [0.15, 0.2) is 0 Å². The molecule has 1 N–H and O–H groups in total. The lowest BCUT2D eigenvalue weighted by Gasteiger charge is -2.34. The minimum absolute atomic E-state index is 0.0298. The molecule has 110 valence electrons. The summed E-state index contributed by atoms with van der Waals surface area (Å²) in [6, 6.07) is 0. The zero-order valence-corrected chi connectivity index (χ0v) is 10.4. The maximum atomic E-state index is 12.0. The van der Waals surface area contributed by atoms with Crippen LogP contribution in [0.1, 0.15) is 19.3 Å². The van der Waals surface area contributed by atoms with E-state index in [1.807, 2.05) is 4.90 Å². The van der Waals surface area contributed by atoms with Crippen molar-refractivity contribution in [3.05, 3.63) is 0 Å². The number of carbonyl (C=O) groups excluding carboxylic acids is 1. The van der Waals surface area contributed by atoms with Crippen LogP contribution in [0.4, 0.5) is 13.2 Å². The Kier molecular flexibility index (Phi) is 5.59. The Labute approximate surface area is 109 Å². The van der Waals surface area contributed by atoms with Crippen molar-refractivity contribution in [1.29, 1.82) is 0 Å². The van der Waals surface area contributed by atoms with Crippen molar-refractivity contribution in [2.45, 2.75) is 25.4 Å². The van der Waals surface area contributed by atoms with Gasteiger partial charge in [-0.3, -0.25) is 14.5 Å². The van der Waals surface area contributed by atoms with Crippen LogP contribution in [0.5, 0.6) is 0 Å². The molecule has 1 aliphatic rings. The third kappa shape index (κ3) is 6.42. The van der Waals surface area contributed by atoms with Gasteiger partial charge >= 0.3 is 12.1 Å². The minimum Gasteiger partial charge on any atom is -0.481 e. The van der Waals surface area contributed by atoms with E-state index in [9.17, 15) is 22.8 Å². The molecule has 0 bridgehead atoms. The van der Waals surface area contributed by atoms with E-state index in [4.69, 9.17) is 5.11 Å². The van der Waals surface area contributed by atoms with Gasteiger partial charge in [-0.1, -0.05) is 0 Å². The van der Waals surface area contributed by atoms with Gasteiger partial charge in [0.05, 0.1) is 12.8 Å². The number of hydrogen-bond donors (Lipinski definition) is 1. The van der Waals surface area contributed by atoms with Crippen LogP contribution in [0.25, 0.3) is 0 Å². The SMILES string of the molecule is O=C(O)CCN1CCN(C(=O)CCC(F)(F)F)CC1. The average molecular weight is 282 g/mol. The lowest BCUT2D eigenvalue weighted by molar-refractivity contribution is -0.150. The van der Waals surface area contributed by atoms with Crippen LogP contribution >= 0.6 is 0 Å². The molecule has 8 heteroatoms. The summed E-state index contributed by atoms with van der Waals surface area (Å²) in [6.07, 6.45) is -5.88. The molecule has 0 unspecified atom stereocenters. The second kappa shape index (κ2) is 6.74. The quantitative estimate of drug-likeness (QED) is 0.815. The number of halogens is 3. The highest BCUT2D eigenvalue weighted by Gasteiger charge is 2.30. The topological polar surface area (TPSA) is 60.9 Å². The standard InChI is InChI=1S/C11H17F3N2O3/c12-11(13,14)3-1-9(17)16-7-5-15(6-8-16)4-2-10(18)19/h1-8H2,(H,18,19). The highest BCUT2D eigenvalue weighted by atomic mass is 19.4. The molecule has 1 fully saturated rings. The normalized spacial score (nSPS) is 17.5. The maximum Gasteiger partial charge on any atom is 0.389 e. The molecule has 0 spiro atoms. The molecule has 0 aromatic carbocycles. The first-order chi connectivity index (χ1) is 8.78. The predicted octanol–water partition coefficient (Wildman–Crippen LogP) is 0.948. The monoisotopic (exact) mass is 282 g/mol. The molecule has 5 nitrogen and oxygen atoms in total. The van der Waals surface area contributed by atoms with Crippen LogP contribution in [0.15, 0.2) is 0 Å². The fourth-order valence-corrected chi connectivity index (χ4v) is 1.88. The van der Waals surface area contributed by atoms with Gasteiger partial charge in [0.2, 0.25) is 5.91 Å². The first-order valence-electron chi connectivity index (χ1n) is 6.06. The third-order valence-electron chi connectivity index (χ3n) is 2.99. The smallest absolute Gasteiger partial charge is 0.389 e. The number of hydrogen-bond acceptors (Lipinski definition) is 3. The number of carboxylic acids is 1. The summed E-state index contributed by atoms with van der Waals surface area (Å²) < 4.78 is 36.0. The van der Waals surface area contributed by atoms with Crippen LogP contribution in [0.3, 0.4) is 0 Å². The fraction of sp³-hybridized carbons (Fsp3) is 0.818. The molecule has 0 atom stereocenters. The van der Waals surface area contributed by atoms with E-state index in [2.05, 4.69) is 0 Å². The summed E-state index contributed by atoms with van der Waals surface area (Å²) in [5.41, 5.74) is 0. The molecule has 0 aromatic rings. The number of aliphatic carboxylic acids is 1. The van der Waals surface area contributed by atoms with Gasteiger partial charge in [-0.05, 0) is 0 Å². The van der Waals surface area contributed by atoms with E-state index in [1.165, 1.54) is 4.90 Å². The zero-order chi connectivity index (χ0) is 14.5. The number of amides is 1. The molecule has 0 radical (unpaired) electrons. The van der Waals surface area contributed by atoms with Crippen LogP contribution < -0.4 is 0 Å². The van der Waals surface area contributed by atoms with Crippen molar-refractivity contribution in [2.24, 2.45) is 0 Å². The Balaban J connectivity index is 2.25. The van der Waals surface area contributed by atoms with Crippen LogP contribution in [0, 0.1) is 0 Å². The average Bonchev–Trinajstić information content (AvgIpc) is 2.33. The Morgan fingerprint density at radius 1 is 1.05 bits per heavy atom. The van der Waals surface area contributed by atoms with Crippen LogP contribution in [-0.2, 0) is 9.59 Å². The van der Waals surface area contributed by atoms with E-state index in [-0.39, 0.29) is 6.42 Å². The first kappa shape index (κ1) is 15.7. The summed E-state index contributed by atoms with van der Waals surface area (Å²) >= 11 is 0. The van der Waals surface area contributed by atoms with Crippen molar-refractivity contribution in [2.75, 3.05) is 32.7 Å². The van der Waals surface area contributed by atoms with E-state index >= 15 is 0 Å². The van der Waals surface area contributed by atoms with Gasteiger partial charge in [-0.2, -0.15) is 13.2 Å². The van der Waals surface area contributed by atoms with Crippen molar-refractivity contribution in [3.63, 3.8) is 0 Å². The maximum absolute atomic E-state index is 12.0. The molecule has 0 saturated carbocycles. The lowest BCUT2D eigenvalue weighted by Crippen LogP contribution is -2.49. The van der Waals surface area contributed by atoms with Gasteiger partial charge in [-0.15, -0.1) is 0 Å². The molecule has 1 heterocycles. The first-order valence-corrected chi connectivity index (χ1v) is 6.06. The van der Waals surface area contributed by atoms with Gasteiger partial charge in [0.1, 0.15) is 0 Å². The van der Waals surface area contributed by atoms with Crippen molar-refractivity contribution >= 4 is 11.9 Å². The molecule has 19 heavy (non-hydrogen) atoms. The van der Waals surface area contributed by atoms with Crippen molar-refractivity contribution in [3.8, 4) is 0 Å². The van der Waals surface area contributed by atoms with E-state index in [0.717, 1.165) is 0 Å². The molecular formula is C11H17F3N2O3. The molecule has 0 aliphatic carbocycles. The molecule has 0 aromatic heterocycles. The van der Waals surface area contributed by atoms with Gasteiger partial charge in [-0.25, -0.2) is 0 Å². The summed E-state index contributed by atoms with van der Waals surface area (Å²) in [5.74, 6) is -1.38. The fourth-order valence-electron chi connectivity index (χ4n) is 1.88. The number of alkyl halides is 3. The summed E-state index contributed by atoms with van der Waals surface area (Å²) in [5, 5.41) is 8.53.